The molecule has 0 aromatic rings. The summed E-state index contributed by atoms with van der Waals surface area (Å²) in [6, 6.07) is 0. The molecule has 1 heterocycles. The van der Waals surface area contributed by atoms with E-state index in [0.717, 1.165) is 6.42 Å². The molecular formula is C13H22N2O5. The molecule has 1 aliphatic rings. The second-order valence-corrected chi connectivity index (χ2v) is 5.42. The van der Waals surface area contributed by atoms with Gasteiger partial charge in [-0.05, 0) is 6.42 Å². The Morgan fingerprint density at radius 1 is 1.30 bits per heavy atom. The van der Waals surface area contributed by atoms with Gasteiger partial charge in [-0.1, -0.05) is 20.8 Å². The average Bonchev–Trinajstić information content (AvgIpc) is 2.39. The average molecular weight is 286 g/mol. The van der Waals surface area contributed by atoms with E-state index in [9.17, 15) is 14.4 Å². The zero-order chi connectivity index (χ0) is 15.2. The van der Waals surface area contributed by atoms with Crippen molar-refractivity contribution < 1.29 is 23.9 Å². The van der Waals surface area contributed by atoms with Crippen LogP contribution in [0.1, 0.15) is 33.6 Å². The normalized spacial score (nSPS) is 20.6. The molecular weight excluding hydrogens is 264 g/mol. The molecule has 1 saturated heterocycles. The molecule has 1 rings (SSSR count). The first kappa shape index (κ1) is 16.3. The van der Waals surface area contributed by atoms with Gasteiger partial charge in [-0.3, -0.25) is 9.59 Å². The van der Waals surface area contributed by atoms with Crippen LogP contribution in [0, 0.1) is 5.41 Å². The minimum absolute atomic E-state index is 0.115. The van der Waals surface area contributed by atoms with E-state index in [-0.39, 0.29) is 25.5 Å². The van der Waals surface area contributed by atoms with Crippen molar-refractivity contribution in [2.45, 2.75) is 39.7 Å². The Balaban J connectivity index is 2.38. The van der Waals surface area contributed by atoms with Crippen molar-refractivity contribution >= 4 is 18.0 Å². The van der Waals surface area contributed by atoms with Gasteiger partial charge in [0.1, 0.15) is 6.61 Å². The maximum atomic E-state index is 12.0. The van der Waals surface area contributed by atoms with Crippen LogP contribution in [0.25, 0.3) is 0 Å². The van der Waals surface area contributed by atoms with Crippen LogP contribution in [0.2, 0.25) is 0 Å². The highest BCUT2D eigenvalue weighted by molar-refractivity contribution is 5.85. The van der Waals surface area contributed by atoms with Crippen molar-refractivity contribution in [2.24, 2.45) is 5.41 Å². The van der Waals surface area contributed by atoms with Crippen LogP contribution >= 0.6 is 0 Å². The van der Waals surface area contributed by atoms with Crippen molar-refractivity contribution in [1.82, 2.24) is 10.6 Å². The third-order valence-corrected chi connectivity index (χ3v) is 2.95. The Bertz CT molecular complexity index is 381. The van der Waals surface area contributed by atoms with E-state index in [1.165, 1.54) is 0 Å². The molecule has 0 radical (unpaired) electrons. The Kier molecular flexibility index (Phi) is 5.79. The van der Waals surface area contributed by atoms with Crippen LogP contribution in [0.4, 0.5) is 4.79 Å². The maximum Gasteiger partial charge on any atom is 0.509 e. The molecule has 0 aromatic carbocycles. The highest BCUT2D eigenvalue weighted by atomic mass is 16.7. The molecule has 2 N–H and O–H groups in total. The third kappa shape index (κ3) is 4.71. The first-order chi connectivity index (χ1) is 9.36. The number of rotatable bonds is 6. The number of carbonyl (C=O) groups is 3. The zero-order valence-corrected chi connectivity index (χ0v) is 12.2. The van der Waals surface area contributed by atoms with Crippen LogP contribution < -0.4 is 10.6 Å². The molecule has 1 aliphatic heterocycles. The molecule has 1 fully saturated rings. The lowest BCUT2D eigenvalue weighted by molar-refractivity contribution is -0.149. The molecule has 20 heavy (non-hydrogen) atoms. The number of ether oxygens (including phenoxy) is 2. The van der Waals surface area contributed by atoms with Crippen LogP contribution in [-0.2, 0) is 19.1 Å². The van der Waals surface area contributed by atoms with Crippen molar-refractivity contribution in [3.8, 4) is 0 Å². The quantitative estimate of drug-likeness (QED) is 0.697. The van der Waals surface area contributed by atoms with E-state index >= 15 is 0 Å². The van der Waals surface area contributed by atoms with Gasteiger partial charge in [-0.2, -0.15) is 0 Å². The highest BCUT2D eigenvalue weighted by Crippen LogP contribution is 2.28. The summed E-state index contributed by atoms with van der Waals surface area (Å²) in [6.45, 7) is 6.47. The molecule has 7 nitrogen and oxygen atoms in total. The van der Waals surface area contributed by atoms with Gasteiger partial charge in [0.25, 0.3) is 5.91 Å². The van der Waals surface area contributed by atoms with Gasteiger partial charge in [0, 0.05) is 24.9 Å². The number of hydrogen-bond donors (Lipinski definition) is 2. The van der Waals surface area contributed by atoms with Gasteiger partial charge in [-0.15, -0.1) is 0 Å². The lowest BCUT2D eigenvalue weighted by Crippen LogP contribution is -2.52. The summed E-state index contributed by atoms with van der Waals surface area (Å²) in [7, 11) is 0. The van der Waals surface area contributed by atoms with E-state index in [1.54, 1.807) is 13.8 Å². The summed E-state index contributed by atoms with van der Waals surface area (Å²) in [5.74, 6) is -0.523. The lowest BCUT2D eigenvalue weighted by atomic mass is 9.86. The lowest BCUT2D eigenvalue weighted by Gasteiger charge is -2.35. The Morgan fingerprint density at radius 2 is 2.00 bits per heavy atom. The van der Waals surface area contributed by atoms with Gasteiger partial charge in [-0.25, -0.2) is 4.79 Å². The Labute approximate surface area is 118 Å². The number of nitrogens with one attached hydrogen (secondary N) is 2. The largest absolute Gasteiger partial charge is 0.509 e. The molecule has 2 amide bonds. The Morgan fingerprint density at radius 3 is 2.65 bits per heavy atom. The van der Waals surface area contributed by atoms with Crippen molar-refractivity contribution in [3.05, 3.63) is 0 Å². The van der Waals surface area contributed by atoms with Crippen LogP contribution in [0.5, 0.6) is 0 Å². The predicted octanol–water partition coefficient (Wildman–Crippen LogP) is 0.580. The van der Waals surface area contributed by atoms with Crippen LogP contribution in [0.3, 0.4) is 0 Å². The third-order valence-electron chi connectivity index (χ3n) is 2.95. The van der Waals surface area contributed by atoms with E-state index in [1.807, 2.05) is 6.92 Å². The summed E-state index contributed by atoms with van der Waals surface area (Å²) in [6.07, 6.45) is -0.680. The van der Waals surface area contributed by atoms with Gasteiger partial charge < -0.3 is 20.1 Å². The molecule has 0 aromatic heterocycles. The zero-order valence-electron chi connectivity index (χ0n) is 12.2. The molecule has 0 bridgehead atoms. The smallest absolute Gasteiger partial charge is 0.434 e. The van der Waals surface area contributed by atoms with Gasteiger partial charge in [0.05, 0.1) is 0 Å². The minimum atomic E-state index is -0.901. The van der Waals surface area contributed by atoms with E-state index < -0.39 is 23.6 Å². The summed E-state index contributed by atoms with van der Waals surface area (Å²) >= 11 is 0. The summed E-state index contributed by atoms with van der Waals surface area (Å²) in [4.78, 5) is 34.4. The first-order valence-electron chi connectivity index (χ1n) is 6.74. The van der Waals surface area contributed by atoms with Gasteiger partial charge in [0.2, 0.25) is 5.91 Å². The van der Waals surface area contributed by atoms with Crippen LogP contribution in [-0.4, -0.2) is 43.8 Å². The monoisotopic (exact) mass is 286 g/mol. The fourth-order valence-corrected chi connectivity index (χ4v) is 1.76. The SMILES string of the molecule is CCCNC(=O)CCNC(=O)C1OC(=O)OCC1(C)C. The maximum absolute atomic E-state index is 12.0. The predicted molar refractivity (Wildman–Crippen MR) is 70.9 cm³/mol. The second-order valence-electron chi connectivity index (χ2n) is 5.42. The Hall–Kier alpha value is -1.79. The number of amides is 2. The van der Waals surface area contributed by atoms with Gasteiger partial charge in [0.15, 0.2) is 6.10 Å². The molecule has 7 heteroatoms. The fraction of sp³-hybridized carbons (Fsp3) is 0.769. The fourth-order valence-electron chi connectivity index (χ4n) is 1.76. The minimum Gasteiger partial charge on any atom is -0.434 e. The molecule has 1 atom stereocenters. The summed E-state index contributed by atoms with van der Waals surface area (Å²) in [5, 5.41) is 5.32. The van der Waals surface area contributed by atoms with E-state index in [2.05, 4.69) is 10.6 Å². The molecule has 0 spiro atoms. The number of carbonyl (C=O) groups excluding carboxylic acids is 3. The van der Waals surface area contributed by atoms with E-state index in [4.69, 9.17) is 9.47 Å². The van der Waals surface area contributed by atoms with E-state index in [0.29, 0.717) is 6.54 Å². The molecule has 0 saturated carbocycles. The number of hydrogen-bond acceptors (Lipinski definition) is 5. The van der Waals surface area contributed by atoms with Crippen LogP contribution in [0.15, 0.2) is 0 Å². The second kappa shape index (κ2) is 7.12. The topological polar surface area (TPSA) is 93.7 Å². The van der Waals surface area contributed by atoms with Crippen molar-refractivity contribution in [2.75, 3.05) is 19.7 Å². The van der Waals surface area contributed by atoms with Crippen molar-refractivity contribution in [1.29, 1.82) is 0 Å². The molecule has 1 unspecified atom stereocenters. The number of cyclic esters (lactones) is 2. The molecule has 114 valence electrons. The van der Waals surface area contributed by atoms with Gasteiger partial charge >= 0.3 is 6.16 Å². The summed E-state index contributed by atoms with van der Waals surface area (Å²) in [5.41, 5.74) is -0.595. The first-order valence-corrected chi connectivity index (χ1v) is 6.74. The summed E-state index contributed by atoms with van der Waals surface area (Å²) < 4.78 is 9.67. The standard InChI is InChI=1S/C13H22N2O5/c1-4-6-14-9(16)5-7-15-11(17)10-13(2,3)8-19-12(18)20-10/h10H,4-8H2,1-3H3,(H,14,16)(H,15,17). The molecule has 0 aliphatic carbocycles. The highest BCUT2D eigenvalue weighted by Gasteiger charge is 2.43. The van der Waals surface area contributed by atoms with Crippen molar-refractivity contribution in [3.63, 3.8) is 0 Å².